The largest absolute Gasteiger partial charge is 0.481 e. The van der Waals surface area contributed by atoms with E-state index in [9.17, 15) is 9.90 Å². The summed E-state index contributed by atoms with van der Waals surface area (Å²) in [6.45, 7) is 6.19. The van der Waals surface area contributed by atoms with E-state index in [0.29, 0.717) is 6.54 Å². The molecule has 1 unspecified atom stereocenters. The van der Waals surface area contributed by atoms with Gasteiger partial charge in [0.2, 0.25) is 0 Å². The van der Waals surface area contributed by atoms with E-state index in [1.54, 1.807) is 6.26 Å². The van der Waals surface area contributed by atoms with Crippen molar-refractivity contribution in [3.63, 3.8) is 0 Å². The van der Waals surface area contributed by atoms with Crippen LogP contribution in [0.25, 0.3) is 11.0 Å². The lowest BCUT2D eigenvalue weighted by atomic mass is 9.76. The van der Waals surface area contributed by atoms with Crippen LogP contribution in [0.4, 0.5) is 0 Å². The molecule has 1 saturated heterocycles. The molecule has 4 nitrogen and oxygen atoms in total. The maximum absolute atomic E-state index is 11.7. The Balaban J connectivity index is 1.80. The van der Waals surface area contributed by atoms with Crippen molar-refractivity contribution in [2.45, 2.75) is 26.8 Å². The summed E-state index contributed by atoms with van der Waals surface area (Å²) in [5.41, 5.74) is 1.41. The van der Waals surface area contributed by atoms with Crippen molar-refractivity contribution in [3.05, 3.63) is 36.1 Å². The second-order valence-corrected chi connectivity index (χ2v) is 6.33. The number of furan rings is 1. The van der Waals surface area contributed by atoms with Gasteiger partial charge < -0.3 is 9.52 Å². The van der Waals surface area contributed by atoms with Crippen molar-refractivity contribution in [1.82, 2.24) is 4.90 Å². The van der Waals surface area contributed by atoms with Crippen LogP contribution in [0.2, 0.25) is 0 Å². The number of likely N-dealkylation sites (tertiary alicyclic amines) is 1. The van der Waals surface area contributed by atoms with Gasteiger partial charge in [0.25, 0.3) is 0 Å². The highest BCUT2D eigenvalue weighted by molar-refractivity contribution is 5.80. The Morgan fingerprint density at radius 2 is 2.19 bits per heavy atom. The van der Waals surface area contributed by atoms with E-state index in [1.807, 2.05) is 32.0 Å². The van der Waals surface area contributed by atoms with Gasteiger partial charge in [0.05, 0.1) is 11.7 Å². The number of carboxylic acids is 1. The number of aliphatic carboxylic acids is 1. The number of carbonyl (C=O) groups is 1. The van der Waals surface area contributed by atoms with E-state index < -0.39 is 11.4 Å². The molecular weight excluding hydrogens is 266 g/mol. The fourth-order valence-corrected chi connectivity index (χ4v) is 3.34. The Bertz CT molecular complexity index is 661. The number of nitrogens with zero attached hydrogens (tertiary/aromatic N) is 1. The van der Waals surface area contributed by atoms with Gasteiger partial charge in [-0.2, -0.15) is 0 Å². The van der Waals surface area contributed by atoms with E-state index in [4.69, 9.17) is 4.42 Å². The molecule has 1 atom stereocenters. The van der Waals surface area contributed by atoms with E-state index in [1.165, 1.54) is 0 Å². The van der Waals surface area contributed by atoms with Crippen LogP contribution < -0.4 is 0 Å². The molecule has 2 aromatic rings. The molecule has 0 aliphatic carbocycles. The summed E-state index contributed by atoms with van der Waals surface area (Å²) in [5, 5.41) is 10.7. The third kappa shape index (κ3) is 2.33. The summed E-state index contributed by atoms with van der Waals surface area (Å²) < 4.78 is 5.56. The Labute approximate surface area is 124 Å². The minimum atomic E-state index is -0.669. The summed E-state index contributed by atoms with van der Waals surface area (Å²) in [4.78, 5) is 13.9. The predicted octanol–water partition coefficient (Wildman–Crippen LogP) is 3.37. The van der Waals surface area contributed by atoms with Gasteiger partial charge in [-0.3, -0.25) is 9.69 Å². The Hall–Kier alpha value is -1.81. The molecule has 0 radical (unpaired) electrons. The fraction of sp³-hybridized carbons (Fsp3) is 0.471. The maximum Gasteiger partial charge on any atom is 0.311 e. The highest BCUT2D eigenvalue weighted by Crippen LogP contribution is 2.39. The first-order valence-electron chi connectivity index (χ1n) is 7.44. The number of benzene rings is 1. The number of hydrogen-bond donors (Lipinski definition) is 1. The summed E-state index contributed by atoms with van der Waals surface area (Å²) in [6.07, 6.45) is 2.51. The number of para-hydroxylation sites is 1. The van der Waals surface area contributed by atoms with Gasteiger partial charge in [-0.25, -0.2) is 0 Å². The van der Waals surface area contributed by atoms with Crippen molar-refractivity contribution >= 4 is 16.9 Å². The molecule has 3 rings (SSSR count). The molecule has 1 fully saturated rings. The molecule has 0 amide bonds. The number of fused-ring (bicyclic) bond motifs is 1. The molecule has 1 N–H and O–H groups in total. The SMILES string of the molecule is CC(C)C1(C(=O)O)CCN(Cc2coc3ccccc23)C1. The predicted molar refractivity (Wildman–Crippen MR) is 81.0 cm³/mol. The average Bonchev–Trinajstić information content (AvgIpc) is 3.05. The summed E-state index contributed by atoms with van der Waals surface area (Å²) in [7, 11) is 0. The van der Waals surface area contributed by atoms with E-state index in [0.717, 1.165) is 36.0 Å². The minimum Gasteiger partial charge on any atom is -0.481 e. The first-order valence-corrected chi connectivity index (χ1v) is 7.44. The van der Waals surface area contributed by atoms with Crippen LogP contribution in [0.5, 0.6) is 0 Å². The third-order valence-electron chi connectivity index (χ3n) is 4.87. The zero-order chi connectivity index (χ0) is 15.0. The Kier molecular flexibility index (Phi) is 3.49. The van der Waals surface area contributed by atoms with Crippen LogP contribution in [-0.4, -0.2) is 29.1 Å². The van der Waals surface area contributed by atoms with Gasteiger partial charge >= 0.3 is 5.97 Å². The first-order chi connectivity index (χ1) is 10.0. The van der Waals surface area contributed by atoms with Gasteiger partial charge in [-0.05, 0) is 24.9 Å². The topological polar surface area (TPSA) is 53.7 Å². The van der Waals surface area contributed by atoms with Crippen LogP contribution in [0.15, 0.2) is 34.9 Å². The van der Waals surface area contributed by atoms with Crippen LogP contribution >= 0.6 is 0 Å². The van der Waals surface area contributed by atoms with Crippen LogP contribution in [0.3, 0.4) is 0 Å². The van der Waals surface area contributed by atoms with Gasteiger partial charge in [0.1, 0.15) is 5.58 Å². The molecule has 0 spiro atoms. The lowest BCUT2D eigenvalue weighted by molar-refractivity contribution is -0.151. The minimum absolute atomic E-state index is 0.140. The van der Waals surface area contributed by atoms with Crippen LogP contribution in [-0.2, 0) is 11.3 Å². The molecule has 4 heteroatoms. The highest BCUT2D eigenvalue weighted by Gasteiger charge is 2.47. The molecule has 1 aromatic carbocycles. The van der Waals surface area contributed by atoms with Crippen molar-refractivity contribution in [3.8, 4) is 0 Å². The van der Waals surface area contributed by atoms with Gasteiger partial charge in [0, 0.05) is 24.0 Å². The van der Waals surface area contributed by atoms with Gasteiger partial charge in [0.15, 0.2) is 0 Å². The van der Waals surface area contributed by atoms with Crippen LogP contribution in [0.1, 0.15) is 25.8 Å². The molecule has 112 valence electrons. The van der Waals surface area contributed by atoms with E-state index >= 15 is 0 Å². The zero-order valence-corrected chi connectivity index (χ0v) is 12.5. The summed E-state index contributed by atoms with van der Waals surface area (Å²) in [5.74, 6) is -0.529. The lowest BCUT2D eigenvalue weighted by Gasteiger charge is -2.28. The second kappa shape index (κ2) is 5.19. The molecule has 0 saturated carbocycles. The molecule has 1 aliphatic rings. The van der Waals surface area contributed by atoms with Crippen molar-refractivity contribution in [2.75, 3.05) is 13.1 Å². The van der Waals surface area contributed by atoms with Gasteiger partial charge in [-0.1, -0.05) is 32.0 Å². The van der Waals surface area contributed by atoms with Crippen LogP contribution in [0, 0.1) is 11.3 Å². The summed E-state index contributed by atoms with van der Waals surface area (Å²) in [6, 6.07) is 7.97. The number of hydrogen-bond acceptors (Lipinski definition) is 3. The van der Waals surface area contributed by atoms with Crippen molar-refractivity contribution in [1.29, 1.82) is 0 Å². The number of rotatable bonds is 4. The standard InChI is InChI=1S/C17H21NO3/c1-12(2)17(16(19)20)7-8-18(11-17)9-13-10-21-15-6-4-3-5-14(13)15/h3-6,10,12H,7-9,11H2,1-2H3,(H,19,20). The molecule has 0 bridgehead atoms. The zero-order valence-electron chi connectivity index (χ0n) is 12.5. The Morgan fingerprint density at radius 3 is 2.86 bits per heavy atom. The Morgan fingerprint density at radius 1 is 1.43 bits per heavy atom. The smallest absolute Gasteiger partial charge is 0.311 e. The summed E-state index contributed by atoms with van der Waals surface area (Å²) >= 11 is 0. The molecular formula is C17H21NO3. The van der Waals surface area contributed by atoms with E-state index in [-0.39, 0.29) is 5.92 Å². The number of carboxylic acid groups (broad SMARTS) is 1. The van der Waals surface area contributed by atoms with Crippen molar-refractivity contribution < 1.29 is 14.3 Å². The second-order valence-electron chi connectivity index (χ2n) is 6.33. The molecule has 1 aliphatic heterocycles. The highest BCUT2D eigenvalue weighted by atomic mass is 16.4. The van der Waals surface area contributed by atoms with Crippen molar-refractivity contribution in [2.24, 2.45) is 11.3 Å². The first kappa shape index (κ1) is 14.1. The normalized spacial score (nSPS) is 23.2. The molecule has 2 heterocycles. The quantitative estimate of drug-likeness (QED) is 0.936. The third-order valence-corrected chi connectivity index (χ3v) is 4.87. The monoisotopic (exact) mass is 287 g/mol. The maximum atomic E-state index is 11.7. The molecule has 1 aromatic heterocycles. The average molecular weight is 287 g/mol. The van der Waals surface area contributed by atoms with E-state index in [2.05, 4.69) is 11.0 Å². The fourth-order valence-electron chi connectivity index (χ4n) is 3.34. The lowest BCUT2D eigenvalue weighted by Crippen LogP contribution is -2.39. The van der Waals surface area contributed by atoms with Gasteiger partial charge in [-0.15, -0.1) is 0 Å². The molecule has 21 heavy (non-hydrogen) atoms.